The molecule has 2 rings (SSSR count). The molecule has 0 saturated heterocycles. The summed E-state index contributed by atoms with van der Waals surface area (Å²) in [6.07, 6.45) is 0.258. The lowest BCUT2D eigenvalue weighted by molar-refractivity contribution is -0.124. The number of benzene rings is 2. The zero-order valence-corrected chi connectivity index (χ0v) is 18.3. The van der Waals surface area contributed by atoms with Gasteiger partial charge in [-0.3, -0.25) is 14.4 Å². The Bertz CT molecular complexity index is 887. The van der Waals surface area contributed by atoms with Crippen LogP contribution in [0.3, 0.4) is 0 Å². The number of carbonyl (C=O) groups is 3. The maximum Gasteiger partial charge on any atom is 0.258 e. The fourth-order valence-electron chi connectivity index (χ4n) is 2.79. The van der Waals surface area contributed by atoms with Gasteiger partial charge >= 0.3 is 0 Å². The van der Waals surface area contributed by atoms with Crippen molar-refractivity contribution in [2.45, 2.75) is 33.6 Å². The van der Waals surface area contributed by atoms with Gasteiger partial charge in [0.15, 0.2) is 12.4 Å². The molecule has 2 amide bonds. The number of ether oxygens (including phenoxy) is 1. The number of Topliss-reactive ketones (excluding diaryl/α,β-unsaturated/α-hetero) is 1. The summed E-state index contributed by atoms with van der Waals surface area (Å²) in [5, 5.41) is 6.04. The van der Waals surface area contributed by atoms with Gasteiger partial charge in [0.2, 0.25) is 5.91 Å². The maximum atomic E-state index is 12.1. The van der Waals surface area contributed by atoms with Crippen LogP contribution in [0.5, 0.6) is 5.75 Å². The van der Waals surface area contributed by atoms with Crippen LogP contribution in [0.1, 0.15) is 39.9 Å². The average molecular weight is 431 g/mol. The first kappa shape index (κ1) is 23.4. The van der Waals surface area contributed by atoms with Crippen LogP contribution in [-0.2, 0) is 9.59 Å². The van der Waals surface area contributed by atoms with Crippen molar-refractivity contribution in [3.05, 3.63) is 63.7 Å². The molecule has 0 unspecified atom stereocenters. The molecule has 0 aromatic heterocycles. The second kappa shape index (κ2) is 11.4. The van der Waals surface area contributed by atoms with Gasteiger partial charge in [0.25, 0.3) is 5.91 Å². The molecule has 0 heterocycles. The van der Waals surface area contributed by atoms with E-state index in [9.17, 15) is 14.4 Å². The molecule has 160 valence electrons. The smallest absolute Gasteiger partial charge is 0.258 e. The van der Waals surface area contributed by atoms with E-state index in [1.807, 2.05) is 32.9 Å². The lowest BCUT2D eigenvalue weighted by Gasteiger charge is -2.10. The number of amides is 2. The summed E-state index contributed by atoms with van der Waals surface area (Å²) in [5.41, 5.74) is 3.45. The normalized spacial score (nSPS) is 10.4. The van der Waals surface area contributed by atoms with Crippen LogP contribution in [0.4, 0.5) is 0 Å². The highest BCUT2D eigenvalue weighted by Gasteiger charge is 2.10. The van der Waals surface area contributed by atoms with E-state index in [1.165, 1.54) is 0 Å². The van der Waals surface area contributed by atoms with Crippen LogP contribution < -0.4 is 15.4 Å². The zero-order valence-electron chi connectivity index (χ0n) is 17.5. The molecule has 0 saturated carbocycles. The van der Waals surface area contributed by atoms with E-state index in [1.54, 1.807) is 24.3 Å². The van der Waals surface area contributed by atoms with Gasteiger partial charge in [-0.1, -0.05) is 41.4 Å². The minimum Gasteiger partial charge on any atom is -0.484 e. The highest BCUT2D eigenvalue weighted by Crippen LogP contribution is 2.25. The monoisotopic (exact) mass is 430 g/mol. The predicted molar refractivity (Wildman–Crippen MR) is 117 cm³/mol. The first-order chi connectivity index (χ1) is 14.3. The molecule has 7 heteroatoms. The van der Waals surface area contributed by atoms with E-state index in [-0.39, 0.29) is 50.1 Å². The number of hydrogen-bond donors (Lipinski definition) is 2. The first-order valence-corrected chi connectivity index (χ1v) is 10.2. The quantitative estimate of drug-likeness (QED) is 0.446. The van der Waals surface area contributed by atoms with Crippen LogP contribution in [-0.4, -0.2) is 37.3 Å². The third kappa shape index (κ3) is 7.52. The van der Waals surface area contributed by atoms with E-state index < -0.39 is 0 Å². The third-order valence-electron chi connectivity index (χ3n) is 4.50. The summed E-state index contributed by atoms with van der Waals surface area (Å²) < 4.78 is 5.48. The molecule has 2 aromatic rings. The van der Waals surface area contributed by atoms with Crippen LogP contribution in [0.2, 0.25) is 5.02 Å². The summed E-state index contributed by atoms with van der Waals surface area (Å²) >= 11 is 6.11. The standard InChI is InChI=1S/C23H27ClN2O4/c1-15-4-6-18(7-5-15)20(27)8-9-21(28)25-10-11-26-22(29)14-30-19-12-16(2)23(24)17(3)13-19/h4-7,12-13H,8-11,14H2,1-3H3,(H,25,28)(H,26,29). The number of rotatable bonds is 10. The summed E-state index contributed by atoms with van der Waals surface area (Å²) in [4.78, 5) is 35.8. The van der Waals surface area contributed by atoms with Crippen LogP contribution in [0, 0.1) is 20.8 Å². The second-order valence-corrected chi connectivity index (χ2v) is 7.53. The Hall–Kier alpha value is -2.86. The second-order valence-electron chi connectivity index (χ2n) is 7.15. The van der Waals surface area contributed by atoms with Gasteiger partial charge in [-0.15, -0.1) is 0 Å². The fourth-order valence-corrected chi connectivity index (χ4v) is 2.90. The molecule has 0 aliphatic heterocycles. The number of hydrogen-bond acceptors (Lipinski definition) is 4. The Labute approximate surface area is 182 Å². The molecular weight excluding hydrogens is 404 g/mol. The first-order valence-electron chi connectivity index (χ1n) is 9.79. The van der Waals surface area contributed by atoms with E-state index in [0.717, 1.165) is 16.7 Å². The Morgan fingerprint density at radius 3 is 2.03 bits per heavy atom. The summed E-state index contributed by atoms with van der Waals surface area (Å²) in [5.74, 6) is -0.00324. The van der Waals surface area contributed by atoms with Crippen molar-refractivity contribution < 1.29 is 19.1 Å². The maximum absolute atomic E-state index is 12.1. The van der Waals surface area contributed by atoms with Crippen molar-refractivity contribution in [1.29, 1.82) is 0 Å². The van der Waals surface area contributed by atoms with E-state index in [4.69, 9.17) is 16.3 Å². The highest BCUT2D eigenvalue weighted by atomic mass is 35.5. The highest BCUT2D eigenvalue weighted by molar-refractivity contribution is 6.32. The Morgan fingerprint density at radius 1 is 0.867 bits per heavy atom. The SMILES string of the molecule is Cc1ccc(C(=O)CCC(=O)NCCNC(=O)COc2cc(C)c(Cl)c(C)c2)cc1. The number of ketones is 1. The lowest BCUT2D eigenvalue weighted by atomic mass is 10.1. The van der Waals surface area contributed by atoms with Gasteiger partial charge in [-0.25, -0.2) is 0 Å². The van der Waals surface area contributed by atoms with E-state index in [2.05, 4.69) is 10.6 Å². The molecule has 0 bridgehead atoms. The molecule has 0 aliphatic carbocycles. The average Bonchev–Trinajstić information content (AvgIpc) is 2.72. The lowest BCUT2D eigenvalue weighted by Crippen LogP contribution is -2.36. The molecule has 30 heavy (non-hydrogen) atoms. The molecule has 2 aromatic carbocycles. The Kier molecular flexibility index (Phi) is 8.87. The summed E-state index contributed by atoms with van der Waals surface area (Å²) in [6.45, 7) is 6.13. The number of carbonyl (C=O) groups excluding carboxylic acids is 3. The molecule has 6 nitrogen and oxygen atoms in total. The molecule has 0 spiro atoms. The molecule has 0 radical (unpaired) electrons. The van der Waals surface area contributed by atoms with Crippen LogP contribution >= 0.6 is 11.6 Å². The molecular formula is C23H27ClN2O4. The van der Waals surface area contributed by atoms with Gasteiger partial charge in [0.1, 0.15) is 5.75 Å². The predicted octanol–water partition coefficient (Wildman–Crippen LogP) is 3.54. The van der Waals surface area contributed by atoms with E-state index in [0.29, 0.717) is 16.3 Å². The minimum absolute atomic E-state index is 0.0664. The number of halogens is 1. The van der Waals surface area contributed by atoms with Crippen LogP contribution in [0.15, 0.2) is 36.4 Å². The van der Waals surface area contributed by atoms with Crippen molar-refractivity contribution in [2.75, 3.05) is 19.7 Å². The van der Waals surface area contributed by atoms with E-state index >= 15 is 0 Å². The molecule has 0 aliphatic rings. The topological polar surface area (TPSA) is 84.5 Å². The zero-order chi connectivity index (χ0) is 22.1. The van der Waals surface area contributed by atoms with Crippen molar-refractivity contribution >= 4 is 29.2 Å². The molecule has 0 fully saturated rings. The van der Waals surface area contributed by atoms with Gasteiger partial charge in [-0.05, 0) is 44.0 Å². The van der Waals surface area contributed by atoms with Gasteiger partial charge in [0.05, 0.1) is 0 Å². The third-order valence-corrected chi connectivity index (χ3v) is 5.10. The summed E-state index contributed by atoms with van der Waals surface area (Å²) in [7, 11) is 0. The van der Waals surface area contributed by atoms with Crippen molar-refractivity contribution in [3.63, 3.8) is 0 Å². The Morgan fingerprint density at radius 2 is 1.43 bits per heavy atom. The Balaban J connectivity index is 1.61. The van der Waals surface area contributed by atoms with Gasteiger partial charge < -0.3 is 15.4 Å². The van der Waals surface area contributed by atoms with Gasteiger partial charge in [-0.2, -0.15) is 0 Å². The van der Waals surface area contributed by atoms with Crippen molar-refractivity contribution in [3.8, 4) is 5.75 Å². The number of aryl methyl sites for hydroxylation is 3. The van der Waals surface area contributed by atoms with Crippen LogP contribution in [0.25, 0.3) is 0 Å². The molecule has 2 N–H and O–H groups in total. The van der Waals surface area contributed by atoms with Crippen molar-refractivity contribution in [1.82, 2.24) is 10.6 Å². The minimum atomic E-state index is -0.288. The van der Waals surface area contributed by atoms with Gasteiger partial charge in [0, 0.05) is 36.5 Å². The fraction of sp³-hybridized carbons (Fsp3) is 0.348. The summed E-state index contributed by atoms with van der Waals surface area (Å²) in [6, 6.07) is 10.8. The number of nitrogens with one attached hydrogen (secondary N) is 2. The largest absolute Gasteiger partial charge is 0.484 e. The van der Waals surface area contributed by atoms with Crippen molar-refractivity contribution in [2.24, 2.45) is 0 Å². The molecule has 0 atom stereocenters.